The van der Waals surface area contributed by atoms with E-state index in [9.17, 15) is 9.59 Å². The number of benzene rings is 1. The Morgan fingerprint density at radius 3 is 2.67 bits per heavy atom. The van der Waals surface area contributed by atoms with Gasteiger partial charge < -0.3 is 10.0 Å². The molecule has 0 radical (unpaired) electrons. The first kappa shape index (κ1) is 12.0. The first-order valence-corrected chi connectivity index (χ1v) is 5.41. The third kappa shape index (κ3) is 2.45. The van der Waals surface area contributed by atoms with Crippen molar-refractivity contribution in [3.63, 3.8) is 0 Å². The van der Waals surface area contributed by atoms with E-state index in [4.69, 9.17) is 5.11 Å². The van der Waals surface area contributed by atoms with Gasteiger partial charge in [0.25, 0.3) is 5.91 Å². The van der Waals surface area contributed by atoms with Crippen LogP contribution in [0.15, 0.2) is 36.4 Å². The third-order valence-corrected chi connectivity index (χ3v) is 2.54. The Labute approximate surface area is 104 Å². The summed E-state index contributed by atoms with van der Waals surface area (Å²) in [6.45, 7) is -0.340. The average molecular weight is 244 g/mol. The summed E-state index contributed by atoms with van der Waals surface area (Å²) in [7, 11) is 1.44. The van der Waals surface area contributed by atoms with Gasteiger partial charge in [-0.1, -0.05) is 24.3 Å². The van der Waals surface area contributed by atoms with Crippen LogP contribution in [0.5, 0.6) is 0 Å². The lowest BCUT2D eigenvalue weighted by molar-refractivity contribution is -0.137. The minimum atomic E-state index is -1.05. The largest absolute Gasteiger partial charge is 0.480 e. The number of aliphatic carboxylic acids is 1. The van der Waals surface area contributed by atoms with E-state index in [1.165, 1.54) is 7.05 Å². The van der Waals surface area contributed by atoms with Crippen LogP contribution in [0.3, 0.4) is 0 Å². The number of carbonyl (C=O) groups is 2. The molecule has 2 rings (SSSR count). The number of aromatic nitrogens is 1. The number of para-hydroxylation sites is 1. The summed E-state index contributed by atoms with van der Waals surface area (Å²) < 4.78 is 0. The van der Waals surface area contributed by atoms with E-state index in [-0.39, 0.29) is 12.2 Å². The molecule has 2 aromatic rings. The first-order chi connectivity index (χ1) is 8.58. The molecule has 0 saturated heterocycles. The van der Waals surface area contributed by atoms with Gasteiger partial charge in [-0.2, -0.15) is 0 Å². The van der Waals surface area contributed by atoms with Crippen molar-refractivity contribution in [1.29, 1.82) is 0 Å². The smallest absolute Gasteiger partial charge is 0.323 e. The molecule has 1 amide bonds. The average Bonchev–Trinajstić information content (AvgIpc) is 2.36. The molecule has 5 heteroatoms. The zero-order chi connectivity index (χ0) is 13.1. The van der Waals surface area contributed by atoms with Crippen molar-refractivity contribution in [3.8, 4) is 0 Å². The zero-order valence-electron chi connectivity index (χ0n) is 9.83. The van der Waals surface area contributed by atoms with Crippen LogP contribution >= 0.6 is 0 Å². The van der Waals surface area contributed by atoms with Crippen LogP contribution < -0.4 is 0 Å². The van der Waals surface area contributed by atoms with Gasteiger partial charge >= 0.3 is 5.97 Å². The fraction of sp³-hybridized carbons (Fsp3) is 0.154. The maximum absolute atomic E-state index is 11.9. The number of amides is 1. The van der Waals surface area contributed by atoms with E-state index in [1.807, 2.05) is 24.3 Å². The van der Waals surface area contributed by atoms with Crippen molar-refractivity contribution < 1.29 is 14.7 Å². The molecule has 0 aliphatic heterocycles. The number of fused-ring (bicyclic) bond motifs is 1. The van der Waals surface area contributed by atoms with E-state index in [0.29, 0.717) is 5.52 Å². The molecule has 0 atom stereocenters. The minimum absolute atomic E-state index is 0.248. The number of hydrogen-bond acceptors (Lipinski definition) is 3. The molecular formula is C13H12N2O3. The standard InChI is InChI=1S/C13H12N2O3/c1-15(8-12(16)17)13(18)11-7-6-9-4-2-3-5-10(9)14-11/h2-7H,8H2,1H3,(H,16,17). The van der Waals surface area contributed by atoms with Crippen molar-refractivity contribution in [3.05, 3.63) is 42.1 Å². The molecule has 0 unspecified atom stereocenters. The van der Waals surface area contributed by atoms with Crippen molar-refractivity contribution >= 4 is 22.8 Å². The summed E-state index contributed by atoms with van der Waals surface area (Å²) in [4.78, 5) is 27.8. The van der Waals surface area contributed by atoms with Crippen LogP contribution in [0.2, 0.25) is 0 Å². The zero-order valence-corrected chi connectivity index (χ0v) is 9.83. The van der Waals surface area contributed by atoms with Gasteiger partial charge in [-0.05, 0) is 12.1 Å². The number of likely N-dealkylation sites (N-methyl/N-ethyl adjacent to an activating group) is 1. The first-order valence-electron chi connectivity index (χ1n) is 5.41. The molecule has 0 saturated carbocycles. The van der Waals surface area contributed by atoms with E-state index >= 15 is 0 Å². The van der Waals surface area contributed by atoms with Crippen molar-refractivity contribution in [2.24, 2.45) is 0 Å². The van der Waals surface area contributed by atoms with Gasteiger partial charge in [0, 0.05) is 12.4 Å². The highest BCUT2D eigenvalue weighted by molar-refractivity contribution is 5.96. The number of rotatable bonds is 3. The molecule has 0 bridgehead atoms. The Kier molecular flexibility index (Phi) is 3.23. The summed E-state index contributed by atoms with van der Waals surface area (Å²) >= 11 is 0. The van der Waals surface area contributed by atoms with E-state index in [2.05, 4.69) is 4.98 Å². The number of hydrogen-bond donors (Lipinski definition) is 1. The van der Waals surface area contributed by atoms with Gasteiger partial charge in [0.15, 0.2) is 0 Å². The molecule has 1 aromatic carbocycles. The van der Waals surface area contributed by atoms with Crippen molar-refractivity contribution in [2.75, 3.05) is 13.6 Å². The fourth-order valence-electron chi connectivity index (χ4n) is 1.66. The Hall–Kier alpha value is -2.43. The molecule has 0 spiro atoms. The van der Waals surface area contributed by atoms with Gasteiger partial charge in [0.1, 0.15) is 12.2 Å². The predicted molar refractivity (Wildman–Crippen MR) is 66.3 cm³/mol. The van der Waals surface area contributed by atoms with Crippen molar-refractivity contribution in [2.45, 2.75) is 0 Å². The highest BCUT2D eigenvalue weighted by Crippen LogP contribution is 2.12. The molecule has 1 N–H and O–H groups in total. The molecule has 18 heavy (non-hydrogen) atoms. The third-order valence-electron chi connectivity index (χ3n) is 2.54. The van der Waals surface area contributed by atoms with Crippen LogP contribution in [-0.2, 0) is 4.79 Å². The number of nitrogens with zero attached hydrogens (tertiary/aromatic N) is 2. The molecule has 0 aliphatic carbocycles. The molecule has 1 aromatic heterocycles. The lowest BCUT2D eigenvalue weighted by Gasteiger charge is -2.13. The molecule has 0 fully saturated rings. The van der Waals surface area contributed by atoms with Crippen molar-refractivity contribution in [1.82, 2.24) is 9.88 Å². The molecule has 1 heterocycles. The Morgan fingerprint density at radius 2 is 1.94 bits per heavy atom. The summed E-state index contributed by atoms with van der Waals surface area (Å²) in [5.74, 6) is -1.45. The number of carbonyl (C=O) groups excluding carboxylic acids is 1. The summed E-state index contributed by atoms with van der Waals surface area (Å²) in [6.07, 6.45) is 0. The number of pyridine rings is 1. The summed E-state index contributed by atoms with van der Waals surface area (Å²) in [5, 5.41) is 9.58. The van der Waals surface area contributed by atoms with Crippen LogP contribution in [-0.4, -0.2) is 40.5 Å². The van der Waals surface area contributed by atoms with E-state index < -0.39 is 11.9 Å². The van der Waals surface area contributed by atoms with Gasteiger partial charge in [0.05, 0.1) is 5.52 Å². The molecule has 0 aliphatic rings. The second-order valence-corrected chi connectivity index (χ2v) is 3.94. The predicted octanol–water partition coefficient (Wildman–Crippen LogP) is 1.39. The van der Waals surface area contributed by atoms with Crippen LogP contribution in [0.1, 0.15) is 10.5 Å². The normalized spacial score (nSPS) is 10.3. The van der Waals surface area contributed by atoms with E-state index in [1.54, 1.807) is 12.1 Å². The fourth-order valence-corrected chi connectivity index (χ4v) is 1.66. The van der Waals surface area contributed by atoms with Crippen LogP contribution in [0.4, 0.5) is 0 Å². The van der Waals surface area contributed by atoms with Gasteiger partial charge in [-0.25, -0.2) is 4.98 Å². The maximum atomic E-state index is 11.9. The lowest BCUT2D eigenvalue weighted by atomic mass is 10.2. The minimum Gasteiger partial charge on any atom is -0.480 e. The van der Waals surface area contributed by atoms with E-state index in [0.717, 1.165) is 10.3 Å². The topological polar surface area (TPSA) is 70.5 Å². The molecule has 92 valence electrons. The second-order valence-electron chi connectivity index (χ2n) is 3.94. The van der Waals surface area contributed by atoms with Gasteiger partial charge in [-0.3, -0.25) is 9.59 Å². The highest BCUT2D eigenvalue weighted by Gasteiger charge is 2.15. The number of carboxylic acids is 1. The highest BCUT2D eigenvalue weighted by atomic mass is 16.4. The van der Waals surface area contributed by atoms with Gasteiger partial charge in [-0.15, -0.1) is 0 Å². The maximum Gasteiger partial charge on any atom is 0.323 e. The second kappa shape index (κ2) is 4.83. The van der Waals surface area contributed by atoms with Crippen LogP contribution in [0.25, 0.3) is 10.9 Å². The van der Waals surface area contributed by atoms with Crippen LogP contribution in [0, 0.1) is 0 Å². The monoisotopic (exact) mass is 244 g/mol. The molecule has 5 nitrogen and oxygen atoms in total. The molecular weight excluding hydrogens is 232 g/mol. The SMILES string of the molecule is CN(CC(=O)O)C(=O)c1ccc2ccccc2n1. The summed E-state index contributed by atoms with van der Waals surface area (Å²) in [6, 6.07) is 10.8. The Bertz CT molecular complexity index is 610. The quantitative estimate of drug-likeness (QED) is 0.885. The van der Waals surface area contributed by atoms with Gasteiger partial charge in [0.2, 0.25) is 0 Å². The Balaban J connectivity index is 2.30. The summed E-state index contributed by atoms with van der Waals surface area (Å²) in [5.41, 5.74) is 0.963. The number of carboxylic acid groups (broad SMARTS) is 1. The lowest BCUT2D eigenvalue weighted by Crippen LogP contribution is -2.32. The Morgan fingerprint density at radius 1 is 1.22 bits per heavy atom.